The van der Waals surface area contributed by atoms with E-state index in [0.29, 0.717) is 16.7 Å². The summed E-state index contributed by atoms with van der Waals surface area (Å²) in [4.78, 5) is 42.7. The molecule has 12 heteroatoms. The number of fused-ring (bicyclic) bond motifs is 1. The molecule has 2 aromatic heterocycles. The molecule has 4 rings (SSSR count). The first-order chi connectivity index (χ1) is 18.0. The number of amides is 1. The maximum absolute atomic E-state index is 14.0. The van der Waals surface area contributed by atoms with E-state index in [2.05, 4.69) is 10.3 Å². The van der Waals surface area contributed by atoms with Gasteiger partial charge in [-0.15, -0.1) is 0 Å². The maximum Gasteiger partial charge on any atom is 0.423 e. The lowest BCUT2D eigenvalue weighted by molar-refractivity contribution is -0.124. The molecule has 4 aromatic rings. The van der Waals surface area contributed by atoms with Crippen LogP contribution in [0.4, 0.5) is 17.6 Å². The molecule has 0 aliphatic carbocycles. The number of halogens is 4. The van der Waals surface area contributed by atoms with E-state index in [-0.39, 0.29) is 28.0 Å². The Morgan fingerprint density at radius 2 is 1.47 bits per heavy atom. The highest BCUT2D eigenvalue weighted by molar-refractivity contribution is 5.81. The van der Waals surface area contributed by atoms with Crippen LogP contribution >= 0.6 is 0 Å². The molecule has 0 saturated heterocycles. The van der Waals surface area contributed by atoms with Crippen LogP contribution in [-0.4, -0.2) is 28.6 Å². The van der Waals surface area contributed by atoms with E-state index in [9.17, 15) is 31.9 Å². The molecular weight excluding hydrogens is 510 g/mol. The molecule has 8 nitrogen and oxygen atoms in total. The van der Waals surface area contributed by atoms with Crippen molar-refractivity contribution in [1.82, 2.24) is 14.9 Å². The zero-order valence-corrected chi connectivity index (χ0v) is 20.3. The van der Waals surface area contributed by atoms with Crippen molar-refractivity contribution in [1.29, 1.82) is 0 Å². The molecule has 38 heavy (non-hydrogen) atoms. The van der Waals surface area contributed by atoms with Crippen molar-refractivity contribution in [3.8, 4) is 5.75 Å². The normalized spacial score (nSPS) is 12.9. The summed E-state index contributed by atoms with van der Waals surface area (Å²) in [5, 5.41) is 2.56. The Morgan fingerprint density at radius 3 is 1.97 bits per heavy atom. The average Bonchev–Trinajstić information content (AvgIpc) is 2.82. The van der Waals surface area contributed by atoms with Gasteiger partial charge in [0.05, 0.1) is 7.11 Å². The zero-order chi connectivity index (χ0) is 27.7. The number of benzene rings is 2. The summed E-state index contributed by atoms with van der Waals surface area (Å²) in [6.07, 6.45) is 1.26. The van der Waals surface area contributed by atoms with E-state index in [0.717, 1.165) is 24.3 Å². The average molecular weight is 531 g/mol. The summed E-state index contributed by atoms with van der Waals surface area (Å²) < 4.78 is 67.0. The van der Waals surface area contributed by atoms with Crippen molar-refractivity contribution in [2.24, 2.45) is 0 Å². The molecule has 0 fully saturated rings. The molecule has 2 aromatic carbocycles. The molecule has 1 N–H and O–H groups in total. The molecule has 2 atom stereocenters. The fourth-order valence-corrected chi connectivity index (χ4v) is 4.33. The third-order valence-electron chi connectivity index (χ3n) is 6.02. The van der Waals surface area contributed by atoms with Gasteiger partial charge in [-0.1, -0.05) is 0 Å². The minimum absolute atomic E-state index is 0.00775. The van der Waals surface area contributed by atoms with Crippen LogP contribution in [0.1, 0.15) is 36.9 Å². The van der Waals surface area contributed by atoms with Gasteiger partial charge < -0.3 is 14.5 Å². The molecule has 0 spiro atoms. The van der Waals surface area contributed by atoms with Crippen molar-refractivity contribution >= 4 is 17.0 Å². The molecule has 0 bridgehead atoms. The second-order valence-electron chi connectivity index (χ2n) is 8.59. The molecule has 198 valence electrons. The van der Waals surface area contributed by atoms with E-state index in [1.165, 1.54) is 33.2 Å². The monoisotopic (exact) mass is 531 g/mol. The van der Waals surface area contributed by atoms with Crippen LogP contribution in [0.5, 0.6) is 5.75 Å². The number of carbonyl (C=O) groups excluding carboxylic acids is 1. The standard InChI is InChI=1S/C26H21F4N3O5/c1-12(21(14-6-16(27)10-17(28)7-14)15-8-18(29)11-19(30)9-15)32-24(34)13(2)33-25(35)22-23(38-26(33)36)20(37-3)4-5-31-22/h4-13,21H,1-3H3,(H,32,34)/t12-,13-/m0/s1. The van der Waals surface area contributed by atoms with Crippen molar-refractivity contribution in [2.75, 3.05) is 7.11 Å². The summed E-state index contributed by atoms with van der Waals surface area (Å²) in [5.41, 5.74) is -1.37. The second-order valence-corrected chi connectivity index (χ2v) is 8.59. The molecule has 0 aliphatic rings. The van der Waals surface area contributed by atoms with E-state index in [1.54, 1.807) is 0 Å². The van der Waals surface area contributed by atoms with Gasteiger partial charge in [0.15, 0.2) is 11.3 Å². The van der Waals surface area contributed by atoms with Gasteiger partial charge in [0.25, 0.3) is 5.56 Å². The Bertz CT molecular complexity index is 1560. The Hall–Kier alpha value is -4.48. The number of nitrogens with zero attached hydrogens (tertiary/aromatic N) is 2. The van der Waals surface area contributed by atoms with Gasteiger partial charge in [-0.3, -0.25) is 9.59 Å². The van der Waals surface area contributed by atoms with Crippen molar-refractivity contribution < 1.29 is 31.5 Å². The minimum Gasteiger partial charge on any atom is -0.493 e. The topological polar surface area (TPSA) is 103 Å². The summed E-state index contributed by atoms with van der Waals surface area (Å²) in [6.45, 7) is 2.70. The highest BCUT2D eigenvalue weighted by atomic mass is 19.1. The molecule has 0 radical (unpaired) electrons. The van der Waals surface area contributed by atoms with Crippen LogP contribution in [0.3, 0.4) is 0 Å². The molecule has 2 heterocycles. The Balaban J connectivity index is 1.72. The summed E-state index contributed by atoms with van der Waals surface area (Å²) in [6, 6.07) is 4.11. The number of rotatable bonds is 7. The molecule has 0 aliphatic heterocycles. The zero-order valence-electron chi connectivity index (χ0n) is 20.3. The number of aromatic nitrogens is 2. The highest BCUT2D eigenvalue weighted by Gasteiger charge is 2.29. The van der Waals surface area contributed by atoms with Crippen molar-refractivity contribution in [2.45, 2.75) is 31.8 Å². The van der Waals surface area contributed by atoms with E-state index < -0.39 is 58.5 Å². The molecular formula is C26H21F4N3O5. The number of carbonyl (C=O) groups is 1. The van der Waals surface area contributed by atoms with Crippen LogP contribution in [0.2, 0.25) is 0 Å². The predicted molar refractivity (Wildman–Crippen MR) is 128 cm³/mol. The van der Waals surface area contributed by atoms with Gasteiger partial charge in [0.2, 0.25) is 11.5 Å². The van der Waals surface area contributed by atoms with Gasteiger partial charge in [-0.05, 0) is 49.2 Å². The smallest absolute Gasteiger partial charge is 0.423 e. The van der Waals surface area contributed by atoms with E-state index >= 15 is 0 Å². The Morgan fingerprint density at radius 1 is 0.947 bits per heavy atom. The van der Waals surface area contributed by atoms with Crippen molar-refractivity contribution in [3.05, 3.63) is 104 Å². The summed E-state index contributed by atoms with van der Waals surface area (Å²) in [5.74, 6) is -6.76. The van der Waals surface area contributed by atoms with Crippen LogP contribution < -0.4 is 21.4 Å². The highest BCUT2D eigenvalue weighted by Crippen LogP contribution is 2.31. The third kappa shape index (κ3) is 5.15. The summed E-state index contributed by atoms with van der Waals surface area (Å²) in [7, 11) is 1.31. The number of methoxy groups -OCH3 is 1. The maximum atomic E-state index is 14.0. The lowest BCUT2D eigenvalue weighted by Gasteiger charge is -2.27. The SMILES string of the molecule is COc1ccnc2c(=O)n([C@@H](C)C(=O)N[C@@H](C)C(c3cc(F)cc(F)c3)c3cc(F)cc(F)c3)c(=O)oc12. The van der Waals surface area contributed by atoms with Crippen molar-refractivity contribution in [3.63, 3.8) is 0 Å². The Kier molecular flexibility index (Phi) is 7.33. The minimum atomic E-state index is -1.42. The van der Waals surface area contributed by atoms with Gasteiger partial charge in [-0.25, -0.2) is 31.9 Å². The van der Waals surface area contributed by atoms with E-state index in [1.807, 2.05) is 0 Å². The first kappa shape index (κ1) is 26.6. The van der Waals surface area contributed by atoms with Gasteiger partial charge in [0, 0.05) is 36.4 Å². The summed E-state index contributed by atoms with van der Waals surface area (Å²) >= 11 is 0. The number of pyridine rings is 1. The fourth-order valence-electron chi connectivity index (χ4n) is 4.33. The first-order valence-corrected chi connectivity index (χ1v) is 11.3. The van der Waals surface area contributed by atoms with Gasteiger partial charge in [-0.2, -0.15) is 0 Å². The number of ether oxygens (including phenoxy) is 1. The first-order valence-electron chi connectivity index (χ1n) is 11.3. The van der Waals surface area contributed by atoms with Gasteiger partial charge in [0.1, 0.15) is 29.3 Å². The van der Waals surface area contributed by atoms with Crippen LogP contribution in [0.15, 0.2) is 62.7 Å². The van der Waals surface area contributed by atoms with Crippen LogP contribution in [-0.2, 0) is 4.79 Å². The fraction of sp³-hybridized carbons (Fsp3) is 0.231. The quantitative estimate of drug-likeness (QED) is 0.364. The van der Waals surface area contributed by atoms with Crippen LogP contribution in [0.25, 0.3) is 11.1 Å². The predicted octanol–water partition coefficient (Wildman–Crippen LogP) is 3.81. The number of hydrogen-bond acceptors (Lipinski definition) is 6. The lowest BCUT2D eigenvalue weighted by atomic mass is 9.85. The molecule has 0 unspecified atom stereocenters. The number of hydrogen-bond donors (Lipinski definition) is 1. The molecule has 1 amide bonds. The number of nitrogens with one attached hydrogen (secondary N) is 1. The lowest BCUT2D eigenvalue weighted by Crippen LogP contribution is -2.46. The third-order valence-corrected chi connectivity index (χ3v) is 6.02. The molecule has 0 saturated carbocycles. The van der Waals surface area contributed by atoms with Crippen LogP contribution in [0, 0.1) is 23.3 Å². The van der Waals surface area contributed by atoms with E-state index in [4.69, 9.17) is 9.15 Å². The van der Waals surface area contributed by atoms with Gasteiger partial charge >= 0.3 is 5.76 Å². The largest absolute Gasteiger partial charge is 0.493 e. The second kappa shape index (κ2) is 10.5. The Labute approximate surface area is 212 Å².